The summed E-state index contributed by atoms with van der Waals surface area (Å²) in [7, 11) is 4.03. The van der Waals surface area contributed by atoms with Crippen molar-refractivity contribution in [3.8, 4) is 0 Å². The number of rotatable bonds is 3. The minimum Gasteiger partial charge on any atom is -0.377 e. The Kier molecular flexibility index (Phi) is 3.62. The number of hydrogen-bond acceptors (Lipinski definition) is 3. The predicted octanol–water partition coefficient (Wildman–Crippen LogP) is 2.36. The first-order chi connectivity index (χ1) is 6.25. The molecule has 1 aromatic carbocycles. The van der Waals surface area contributed by atoms with Crippen molar-refractivity contribution in [1.82, 2.24) is 0 Å². The van der Waals surface area contributed by atoms with Crippen LogP contribution in [0.3, 0.4) is 0 Å². The summed E-state index contributed by atoms with van der Waals surface area (Å²) < 4.78 is 0. The van der Waals surface area contributed by atoms with Crippen molar-refractivity contribution in [2.24, 2.45) is 4.99 Å². The Morgan fingerprint density at radius 3 is 2.69 bits per heavy atom. The zero-order valence-electron chi connectivity index (χ0n) is 7.82. The summed E-state index contributed by atoms with van der Waals surface area (Å²) in [5.74, 6) is 0. The maximum absolute atomic E-state index is 4.53. The monoisotopic (exact) mass is 192 g/mol. The number of para-hydroxylation sites is 1. The number of isothiocyanates is 1. The van der Waals surface area contributed by atoms with Crippen LogP contribution in [0.4, 0.5) is 5.69 Å². The van der Waals surface area contributed by atoms with E-state index in [0.29, 0.717) is 6.54 Å². The molecule has 0 aromatic heterocycles. The summed E-state index contributed by atoms with van der Waals surface area (Å²) in [5.41, 5.74) is 2.35. The molecule has 0 amide bonds. The maximum atomic E-state index is 4.53. The third-order valence-electron chi connectivity index (χ3n) is 1.79. The molecular weight excluding hydrogens is 180 g/mol. The number of nitrogens with zero attached hydrogens (tertiary/aromatic N) is 2. The summed E-state index contributed by atoms with van der Waals surface area (Å²) in [6, 6.07) is 8.13. The molecule has 3 heteroatoms. The van der Waals surface area contributed by atoms with E-state index in [2.05, 4.69) is 33.3 Å². The molecule has 1 aromatic rings. The fourth-order valence-corrected chi connectivity index (χ4v) is 1.26. The topological polar surface area (TPSA) is 15.6 Å². The second kappa shape index (κ2) is 4.75. The Morgan fingerprint density at radius 1 is 1.38 bits per heavy atom. The van der Waals surface area contributed by atoms with Crippen LogP contribution in [-0.2, 0) is 6.54 Å². The largest absolute Gasteiger partial charge is 0.377 e. The highest BCUT2D eigenvalue weighted by Crippen LogP contribution is 2.18. The van der Waals surface area contributed by atoms with Crippen LogP contribution >= 0.6 is 12.2 Å². The lowest BCUT2D eigenvalue weighted by molar-refractivity contribution is 1.03. The number of hydrogen-bond donors (Lipinski definition) is 0. The molecule has 0 saturated carbocycles. The molecule has 0 N–H and O–H groups in total. The van der Waals surface area contributed by atoms with Gasteiger partial charge in [-0.05, 0) is 23.8 Å². The van der Waals surface area contributed by atoms with Gasteiger partial charge in [0.15, 0.2) is 0 Å². The highest BCUT2D eigenvalue weighted by molar-refractivity contribution is 7.78. The molecule has 0 spiro atoms. The van der Waals surface area contributed by atoms with Crippen molar-refractivity contribution in [3.05, 3.63) is 29.8 Å². The van der Waals surface area contributed by atoms with Crippen molar-refractivity contribution in [2.45, 2.75) is 6.54 Å². The average Bonchev–Trinajstić information content (AvgIpc) is 2.15. The standard InChI is InChI=1S/C10H12N2S/c1-12(2)10-6-4-3-5-9(10)7-11-8-13/h3-6H,7H2,1-2H3. The quantitative estimate of drug-likeness (QED) is 0.539. The zero-order chi connectivity index (χ0) is 9.68. The summed E-state index contributed by atoms with van der Waals surface area (Å²) in [4.78, 5) is 5.99. The van der Waals surface area contributed by atoms with Gasteiger partial charge in [0.05, 0.1) is 11.7 Å². The van der Waals surface area contributed by atoms with Gasteiger partial charge in [0.1, 0.15) is 0 Å². The van der Waals surface area contributed by atoms with Crippen molar-refractivity contribution >= 4 is 23.1 Å². The normalized spacial score (nSPS) is 9.08. The molecule has 0 aliphatic rings. The van der Waals surface area contributed by atoms with Gasteiger partial charge in [0.25, 0.3) is 0 Å². The summed E-state index contributed by atoms with van der Waals surface area (Å²) >= 11 is 4.53. The number of aliphatic imine (C=N–C) groups is 1. The summed E-state index contributed by atoms with van der Waals surface area (Å²) in [6.45, 7) is 0.609. The Labute approximate surface area is 83.9 Å². The molecule has 68 valence electrons. The molecule has 1 rings (SSSR count). The molecule has 2 nitrogen and oxygen atoms in total. The highest BCUT2D eigenvalue weighted by atomic mass is 32.1. The van der Waals surface area contributed by atoms with Gasteiger partial charge in [0, 0.05) is 19.8 Å². The first-order valence-corrected chi connectivity index (χ1v) is 4.45. The lowest BCUT2D eigenvalue weighted by Crippen LogP contribution is -2.10. The first kappa shape index (κ1) is 9.90. The van der Waals surface area contributed by atoms with Gasteiger partial charge < -0.3 is 4.90 Å². The van der Waals surface area contributed by atoms with E-state index in [4.69, 9.17) is 0 Å². The smallest absolute Gasteiger partial charge is 0.0763 e. The molecule has 0 atom stereocenters. The van der Waals surface area contributed by atoms with Crippen molar-refractivity contribution in [1.29, 1.82) is 0 Å². The van der Waals surface area contributed by atoms with E-state index >= 15 is 0 Å². The lowest BCUT2D eigenvalue weighted by Gasteiger charge is -2.15. The van der Waals surface area contributed by atoms with Gasteiger partial charge in [-0.25, -0.2) is 4.99 Å². The molecule has 0 bridgehead atoms. The van der Waals surface area contributed by atoms with E-state index in [1.54, 1.807) is 0 Å². The van der Waals surface area contributed by atoms with Crippen LogP contribution in [0.2, 0.25) is 0 Å². The molecular formula is C10H12N2S. The van der Waals surface area contributed by atoms with Gasteiger partial charge in [-0.3, -0.25) is 0 Å². The number of thiocarbonyl (C=S) groups is 1. The van der Waals surface area contributed by atoms with Crippen LogP contribution in [0.5, 0.6) is 0 Å². The lowest BCUT2D eigenvalue weighted by atomic mass is 10.1. The van der Waals surface area contributed by atoms with E-state index in [-0.39, 0.29) is 0 Å². The van der Waals surface area contributed by atoms with Crippen LogP contribution in [0, 0.1) is 0 Å². The SMILES string of the molecule is CN(C)c1ccccc1CN=C=S. The van der Waals surface area contributed by atoms with Crippen LogP contribution in [-0.4, -0.2) is 19.3 Å². The third kappa shape index (κ3) is 2.65. The van der Waals surface area contributed by atoms with Gasteiger partial charge in [-0.15, -0.1) is 0 Å². The average molecular weight is 192 g/mol. The Bertz CT molecular complexity index is 327. The van der Waals surface area contributed by atoms with Gasteiger partial charge in [0.2, 0.25) is 0 Å². The van der Waals surface area contributed by atoms with Crippen molar-refractivity contribution < 1.29 is 0 Å². The van der Waals surface area contributed by atoms with Gasteiger partial charge in [-0.1, -0.05) is 18.2 Å². The molecule has 0 saturated heterocycles. The summed E-state index contributed by atoms with van der Waals surface area (Å²) in [5, 5.41) is 2.37. The van der Waals surface area contributed by atoms with Crippen LogP contribution in [0.1, 0.15) is 5.56 Å². The predicted molar refractivity (Wildman–Crippen MR) is 59.5 cm³/mol. The van der Waals surface area contributed by atoms with Gasteiger partial charge in [-0.2, -0.15) is 0 Å². The fraction of sp³-hybridized carbons (Fsp3) is 0.300. The van der Waals surface area contributed by atoms with Crippen LogP contribution < -0.4 is 4.90 Å². The number of anilines is 1. The van der Waals surface area contributed by atoms with Gasteiger partial charge >= 0.3 is 0 Å². The minimum atomic E-state index is 0.609. The number of benzene rings is 1. The molecule has 0 radical (unpaired) electrons. The van der Waals surface area contributed by atoms with E-state index < -0.39 is 0 Å². The van der Waals surface area contributed by atoms with E-state index in [1.165, 1.54) is 11.3 Å². The van der Waals surface area contributed by atoms with Crippen molar-refractivity contribution in [3.63, 3.8) is 0 Å². The van der Waals surface area contributed by atoms with E-state index in [0.717, 1.165) is 0 Å². The third-order valence-corrected chi connectivity index (χ3v) is 1.92. The molecule has 0 unspecified atom stereocenters. The first-order valence-electron chi connectivity index (χ1n) is 4.04. The van der Waals surface area contributed by atoms with Crippen LogP contribution in [0.25, 0.3) is 0 Å². The molecule has 0 aliphatic heterocycles. The Morgan fingerprint density at radius 2 is 2.08 bits per heavy atom. The highest BCUT2D eigenvalue weighted by Gasteiger charge is 2.01. The van der Waals surface area contributed by atoms with E-state index in [9.17, 15) is 0 Å². The van der Waals surface area contributed by atoms with Crippen LogP contribution in [0.15, 0.2) is 29.3 Å². The molecule has 0 aliphatic carbocycles. The van der Waals surface area contributed by atoms with E-state index in [1.807, 2.05) is 32.3 Å². The minimum absolute atomic E-state index is 0.609. The molecule has 0 heterocycles. The molecule has 13 heavy (non-hydrogen) atoms. The van der Waals surface area contributed by atoms with Crippen molar-refractivity contribution in [2.75, 3.05) is 19.0 Å². The Hall–Kier alpha value is -1.18. The second-order valence-corrected chi connectivity index (χ2v) is 3.11. The fourth-order valence-electron chi connectivity index (χ4n) is 1.20. The Balaban J connectivity index is 2.97. The molecule has 0 fully saturated rings. The summed E-state index contributed by atoms with van der Waals surface area (Å²) in [6.07, 6.45) is 0. The maximum Gasteiger partial charge on any atom is 0.0763 e. The second-order valence-electron chi connectivity index (χ2n) is 2.93. The zero-order valence-corrected chi connectivity index (χ0v) is 8.64.